The van der Waals surface area contributed by atoms with Crippen molar-refractivity contribution in [2.75, 3.05) is 7.05 Å². The maximum absolute atomic E-state index is 12.5. The molecule has 2 atom stereocenters. The summed E-state index contributed by atoms with van der Waals surface area (Å²) >= 11 is 0. The molecule has 5 rings (SSSR count). The van der Waals surface area contributed by atoms with E-state index >= 15 is 0 Å². The summed E-state index contributed by atoms with van der Waals surface area (Å²) in [7, 11) is 1.49. The van der Waals surface area contributed by atoms with Crippen molar-refractivity contribution in [3.8, 4) is 0 Å². The number of hydrogen-bond donors (Lipinski definition) is 3. The van der Waals surface area contributed by atoms with E-state index in [2.05, 4.69) is 5.32 Å². The third kappa shape index (κ3) is 1.62. The van der Waals surface area contributed by atoms with Crippen LogP contribution in [-0.2, 0) is 15.2 Å². The molecule has 1 amide bonds. The van der Waals surface area contributed by atoms with Crippen LogP contribution in [0, 0.1) is 11.8 Å². The van der Waals surface area contributed by atoms with Crippen molar-refractivity contribution in [1.82, 2.24) is 5.32 Å². The van der Waals surface area contributed by atoms with Gasteiger partial charge in [0.1, 0.15) is 11.5 Å². The SMILES string of the molecule is CNC(=O)C1C2c3ccccc3C(O)(c3ccccc32)C1C(=O)O. The van der Waals surface area contributed by atoms with E-state index in [0.717, 1.165) is 11.1 Å². The minimum absolute atomic E-state index is 0.366. The van der Waals surface area contributed by atoms with Crippen LogP contribution >= 0.6 is 0 Å². The molecule has 0 heterocycles. The highest BCUT2D eigenvalue weighted by molar-refractivity contribution is 5.90. The van der Waals surface area contributed by atoms with E-state index in [0.29, 0.717) is 11.1 Å². The van der Waals surface area contributed by atoms with E-state index in [4.69, 9.17) is 0 Å². The third-order valence-corrected chi connectivity index (χ3v) is 5.40. The van der Waals surface area contributed by atoms with Crippen LogP contribution in [0.4, 0.5) is 0 Å². The van der Waals surface area contributed by atoms with Gasteiger partial charge in [0.15, 0.2) is 0 Å². The second-order valence-electron chi connectivity index (χ2n) is 6.37. The zero-order valence-electron chi connectivity index (χ0n) is 13.1. The number of carboxylic acid groups (broad SMARTS) is 1. The summed E-state index contributed by atoms with van der Waals surface area (Å²) in [5.41, 5.74) is 1.10. The summed E-state index contributed by atoms with van der Waals surface area (Å²) < 4.78 is 0. The highest BCUT2D eigenvalue weighted by Crippen LogP contribution is 2.60. The Kier molecular flexibility index (Phi) is 3.05. The lowest BCUT2D eigenvalue weighted by atomic mass is 9.51. The molecule has 0 aliphatic heterocycles. The molecule has 0 saturated carbocycles. The maximum atomic E-state index is 12.5. The average molecular weight is 323 g/mol. The largest absolute Gasteiger partial charge is 0.481 e. The van der Waals surface area contributed by atoms with E-state index in [9.17, 15) is 19.8 Å². The standard InChI is InChI=1S/C19H17NO4/c1-20-17(21)15-14-10-6-2-4-8-12(10)19(24,16(15)18(22)23)13-9-5-3-7-11(13)14/h2-9,14-16,24H,1H3,(H,20,21)(H,22,23). The van der Waals surface area contributed by atoms with Crippen molar-refractivity contribution in [3.05, 3.63) is 70.8 Å². The number of rotatable bonds is 2. The monoisotopic (exact) mass is 323 g/mol. The lowest BCUT2D eigenvalue weighted by Gasteiger charge is -2.53. The zero-order valence-corrected chi connectivity index (χ0v) is 13.1. The Bertz CT molecular complexity index is 812. The lowest BCUT2D eigenvalue weighted by molar-refractivity contribution is -0.162. The number of amides is 1. The first-order chi connectivity index (χ1) is 11.5. The Morgan fingerprint density at radius 3 is 1.96 bits per heavy atom. The highest BCUT2D eigenvalue weighted by Gasteiger charge is 2.62. The first-order valence-electron chi connectivity index (χ1n) is 7.87. The molecule has 2 aromatic rings. The van der Waals surface area contributed by atoms with Gasteiger partial charge in [0.2, 0.25) is 5.91 Å². The van der Waals surface area contributed by atoms with E-state index in [1.807, 2.05) is 24.3 Å². The first-order valence-corrected chi connectivity index (χ1v) is 7.87. The van der Waals surface area contributed by atoms with Gasteiger partial charge in [-0.2, -0.15) is 0 Å². The zero-order chi connectivity index (χ0) is 17.1. The third-order valence-electron chi connectivity index (χ3n) is 5.40. The van der Waals surface area contributed by atoms with Gasteiger partial charge in [-0.3, -0.25) is 9.59 Å². The second-order valence-corrected chi connectivity index (χ2v) is 6.37. The molecular weight excluding hydrogens is 306 g/mol. The summed E-state index contributed by atoms with van der Waals surface area (Å²) in [4.78, 5) is 24.6. The van der Waals surface area contributed by atoms with E-state index in [1.54, 1.807) is 24.3 Å². The van der Waals surface area contributed by atoms with Gasteiger partial charge in [0, 0.05) is 13.0 Å². The number of nitrogens with one attached hydrogen (secondary N) is 1. The predicted molar refractivity (Wildman–Crippen MR) is 86.4 cm³/mol. The van der Waals surface area contributed by atoms with Gasteiger partial charge < -0.3 is 15.5 Å². The molecule has 3 N–H and O–H groups in total. The van der Waals surface area contributed by atoms with Gasteiger partial charge in [0.05, 0.1) is 5.92 Å². The minimum atomic E-state index is -1.72. The predicted octanol–water partition coefficient (Wildman–Crippen LogP) is 1.44. The van der Waals surface area contributed by atoms with E-state index < -0.39 is 23.4 Å². The summed E-state index contributed by atoms with van der Waals surface area (Å²) in [5, 5.41) is 24.0. The van der Waals surface area contributed by atoms with Crippen LogP contribution in [0.3, 0.4) is 0 Å². The normalized spacial score (nSPS) is 29.5. The van der Waals surface area contributed by atoms with Crippen molar-refractivity contribution in [2.45, 2.75) is 11.5 Å². The quantitative estimate of drug-likeness (QED) is 0.780. The summed E-state index contributed by atoms with van der Waals surface area (Å²) in [6.07, 6.45) is 0. The molecule has 2 aromatic carbocycles. The first kappa shape index (κ1) is 14.9. The van der Waals surface area contributed by atoms with Gasteiger partial charge in [-0.1, -0.05) is 48.5 Å². The molecule has 0 fully saturated rings. The smallest absolute Gasteiger partial charge is 0.311 e. The molecule has 0 aromatic heterocycles. The number of fused-ring (bicyclic) bond motifs is 1. The average Bonchev–Trinajstić information content (AvgIpc) is 2.60. The molecule has 3 aliphatic rings. The second kappa shape index (κ2) is 4.92. The number of hydrogen-bond acceptors (Lipinski definition) is 3. The van der Waals surface area contributed by atoms with Crippen molar-refractivity contribution in [3.63, 3.8) is 0 Å². The van der Waals surface area contributed by atoms with Crippen LogP contribution in [0.1, 0.15) is 28.2 Å². The minimum Gasteiger partial charge on any atom is -0.481 e. The number of aliphatic carboxylic acids is 1. The van der Waals surface area contributed by atoms with Gasteiger partial charge in [-0.25, -0.2) is 0 Å². The van der Waals surface area contributed by atoms with Crippen LogP contribution in [0.2, 0.25) is 0 Å². The van der Waals surface area contributed by atoms with Crippen LogP contribution in [0.15, 0.2) is 48.5 Å². The lowest BCUT2D eigenvalue weighted by Crippen LogP contribution is -2.58. The molecule has 2 bridgehead atoms. The molecule has 0 spiro atoms. The molecule has 5 nitrogen and oxygen atoms in total. The Balaban J connectivity index is 2.11. The number of aliphatic hydroxyl groups is 1. The molecule has 122 valence electrons. The number of carboxylic acids is 1. The summed E-state index contributed by atoms with van der Waals surface area (Å²) in [6.45, 7) is 0. The van der Waals surface area contributed by atoms with Crippen molar-refractivity contribution >= 4 is 11.9 Å². The maximum Gasteiger partial charge on any atom is 0.311 e. The van der Waals surface area contributed by atoms with Crippen molar-refractivity contribution < 1.29 is 19.8 Å². The van der Waals surface area contributed by atoms with Gasteiger partial charge in [0.25, 0.3) is 0 Å². The Morgan fingerprint density at radius 1 is 1.00 bits per heavy atom. The van der Waals surface area contributed by atoms with Crippen LogP contribution in [0.25, 0.3) is 0 Å². The molecule has 3 aliphatic carbocycles. The van der Waals surface area contributed by atoms with Crippen molar-refractivity contribution in [1.29, 1.82) is 0 Å². The number of carbonyl (C=O) groups is 2. The fraction of sp³-hybridized carbons (Fsp3) is 0.263. The highest BCUT2D eigenvalue weighted by atomic mass is 16.4. The number of carbonyl (C=O) groups excluding carboxylic acids is 1. The van der Waals surface area contributed by atoms with Crippen LogP contribution in [-0.4, -0.2) is 29.1 Å². The molecule has 5 heteroatoms. The Morgan fingerprint density at radius 2 is 1.50 bits per heavy atom. The summed E-state index contributed by atoms with van der Waals surface area (Å²) in [5.74, 6) is -4.00. The van der Waals surface area contributed by atoms with Gasteiger partial charge in [-0.15, -0.1) is 0 Å². The van der Waals surface area contributed by atoms with E-state index in [1.165, 1.54) is 7.05 Å². The summed E-state index contributed by atoms with van der Waals surface area (Å²) in [6, 6.07) is 14.5. The molecule has 0 radical (unpaired) electrons. The molecule has 24 heavy (non-hydrogen) atoms. The van der Waals surface area contributed by atoms with Crippen LogP contribution in [0.5, 0.6) is 0 Å². The molecule has 2 unspecified atom stereocenters. The Hall–Kier alpha value is -2.66. The number of benzene rings is 2. The van der Waals surface area contributed by atoms with Crippen LogP contribution < -0.4 is 5.32 Å². The van der Waals surface area contributed by atoms with Gasteiger partial charge in [-0.05, 0) is 22.3 Å². The van der Waals surface area contributed by atoms with Gasteiger partial charge >= 0.3 is 5.97 Å². The molecule has 0 saturated heterocycles. The fourth-order valence-electron chi connectivity index (χ4n) is 4.52. The molecular formula is C19H17NO4. The van der Waals surface area contributed by atoms with Crippen molar-refractivity contribution in [2.24, 2.45) is 11.8 Å². The topological polar surface area (TPSA) is 86.6 Å². The Labute approximate surface area is 138 Å². The van der Waals surface area contributed by atoms with E-state index in [-0.39, 0.29) is 11.8 Å². The fourth-order valence-corrected chi connectivity index (χ4v) is 4.52.